The van der Waals surface area contributed by atoms with Gasteiger partial charge < -0.3 is 15.6 Å². The molecule has 108 valence electrons. The summed E-state index contributed by atoms with van der Waals surface area (Å²) < 4.78 is 31.6. The Morgan fingerprint density at radius 1 is 1.42 bits per heavy atom. The maximum absolute atomic E-state index is 12.5. The molecule has 0 unspecified atom stereocenters. The van der Waals surface area contributed by atoms with Crippen molar-refractivity contribution in [3.05, 3.63) is 22.7 Å². The van der Waals surface area contributed by atoms with E-state index in [1.807, 2.05) is 0 Å². The number of rotatable bonds is 7. The molecule has 19 heavy (non-hydrogen) atoms. The summed E-state index contributed by atoms with van der Waals surface area (Å²) in [5.74, 6) is 0. The van der Waals surface area contributed by atoms with Crippen LogP contribution < -0.4 is 5.73 Å². The van der Waals surface area contributed by atoms with E-state index < -0.39 is 10.0 Å². The Balaban J connectivity index is 3.14. The van der Waals surface area contributed by atoms with E-state index in [4.69, 9.17) is 15.6 Å². The summed E-state index contributed by atoms with van der Waals surface area (Å²) in [5.41, 5.74) is 5.89. The van der Waals surface area contributed by atoms with Gasteiger partial charge in [0.05, 0.1) is 18.9 Å². The third kappa shape index (κ3) is 4.15. The molecule has 3 N–H and O–H groups in total. The van der Waals surface area contributed by atoms with Crippen LogP contribution in [0.2, 0.25) is 0 Å². The Bertz CT molecular complexity index is 521. The van der Waals surface area contributed by atoms with Gasteiger partial charge in [-0.2, -0.15) is 4.31 Å². The molecule has 0 fully saturated rings. The van der Waals surface area contributed by atoms with Crippen LogP contribution in [0.1, 0.15) is 0 Å². The zero-order valence-corrected chi connectivity index (χ0v) is 12.9. The van der Waals surface area contributed by atoms with Gasteiger partial charge >= 0.3 is 0 Å². The van der Waals surface area contributed by atoms with Crippen molar-refractivity contribution < 1.29 is 18.3 Å². The van der Waals surface area contributed by atoms with Crippen LogP contribution >= 0.6 is 15.9 Å². The van der Waals surface area contributed by atoms with Gasteiger partial charge in [0.25, 0.3) is 0 Å². The lowest BCUT2D eigenvalue weighted by molar-refractivity contribution is 0.168. The molecule has 8 heteroatoms. The van der Waals surface area contributed by atoms with E-state index in [0.717, 1.165) is 4.31 Å². The molecular formula is C11H17BrN2O4S. The molecular weight excluding hydrogens is 336 g/mol. The van der Waals surface area contributed by atoms with Crippen molar-refractivity contribution in [2.24, 2.45) is 0 Å². The van der Waals surface area contributed by atoms with Gasteiger partial charge in [-0.05, 0) is 18.2 Å². The Morgan fingerprint density at radius 2 is 2.11 bits per heavy atom. The summed E-state index contributed by atoms with van der Waals surface area (Å²) in [5, 5.41) is 8.98. The minimum absolute atomic E-state index is 0.00233. The number of benzene rings is 1. The molecule has 6 nitrogen and oxygen atoms in total. The van der Waals surface area contributed by atoms with E-state index in [-0.39, 0.29) is 36.9 Å². The molecule has 1 aromatic rings. The number of nitrogens with zero attached hydrogens (tertiary/aromatic N) is 1. The van der Waals surface area contributed by atoms with Gasteiger partial charge in [-0.25, -0.2) is 8.42 Å². The van der Waals surface area contributed by atoms with Crippen molar-refractivity contribution in [1.82, 2.24) is 4.31 Å². The van der Waals surface area contributed by atoms with Crippen molar-refractivity contribution in [3.63, 3.8) is 0 Å². The monoisotopic (exact) mass is 352 g/mol. The Labute approximate surface area is 121 Å². The highest BCUT2D eigenvalue weighted by atomic mass is 79.9. The fourth-order valence-corrected chi connectivity index (χ4v) is 3.60. The second-order valence-electron chi connectivity index (χ2n) is 3.80. The van der Waals surface area contributed by atoms with Gasteiger partial charge in [-0.15, -0.1) is 0 Å². The summed E-state index contributed by atoms with van der Waals surface area (Å²) >= 11 is 3.22. The number of nitrogen functional groups attached to an aromatic ring is 1. The van der Waals surface area contributed by atoms with Crippen LogP contribution in [0, 0.1) is 0 Å². The topological polar surface area (TPSA) is 92.9 Å². The molecule has 0 saturated heterocycles. The first-order chi connectivity index (χ1) is 8.93. The van der Waals surface area contributed by atoms with E-state index in [9.17, 15) is 8.42 Å². The van der Waals surface area contributed by atoms with Gasteiger partial charge in [-0.1, -0.05) is 15.9 Å². The number of aliphatic hydroxyl groups is 1. The quantitative estimate of drug-likeness (QED) is 0.703. The zero-order valence-electron chi connectivity index (χ0n) is 10.5. The molecule has 0 heterocycles. The lowest BCUT2D eigenvalue weighted by Gasteiger charge is -2.21. The third-order valence-corrected chi connectivity index (χ3v) is 4.94. The fraction of sp³-hybridized carbons (Fsp3) is 0.455. The number of hydrogen-bond acceptors (Lipinski definition) is 5. The molecule has 0 bridgehead atoms. The first-order valence-corrected chi connectivity index (χ1v) is 7.81. The fourth-order valence-electron chi connectivity index (χ4n) is 1.53. The van der Waals surface area contributed by atoms with Gasteiger partial charge in [-0.3, -0.25) is 0 Å². The molecule has 0 aliphatic carbocycles. The molecule has 0 spiro atoms. The van der Waals surface area contributed by atoms with Crippen LogP contribution in [0.3, 0.4) is 0 Å². The highest BCUT2D eigenvalue weighted by Gasteiger charge is 2.26. The summed E-state index contributed by atoms with van der Waals surface area (Å²) in [6.45, 7) is 0.132. The molecule has 0 radical (unpaired) electrons. The zero-order chi connectivity index (χ0) is 14.5. The molecule has 0 aromatic heterocycles. The largest absolute Gasteiger partial charge is 0.398 e. The van der Waals surface area contributed by atoms with Crippen LogP contribution in [0.4, 0.5) is 5.69 Å². The maximum atomic E-state index is 12.5. The lowest BCUT2D eigenvalue weighted by Crippen LogP contribution is -2.36. The van der Waals surface area contributed by atoms with E-state index in [0.29, 0.717) is 4.47 Å². The predicted molar refractivity (Wildman–Crippen MR) is 76.3 cm³/mol. The summed E-state index contributed by atoms with van der Waals surface area (Å²) in [6, 6.07) is 4.63. The Kier molecular flexibility index (Phi) is 6.21. The average Bonchev–Trinajstić information content (AvgIpc) is 2.37. The van der Waals surface area contributed by atoms with Crippen molar-refractivity contribution in [2.45, 2.75) is 4.90 Å². The second kappa shape index (κ2) is 7.20. The van der Waals surface area contributed by atoms with Gasteiger partial charge in [0.1, 0.15) is 4.90 Å². The highest BCUT2D eigenvalue weighted by molar-refractivity contribution is 9.10. The van der Waals surface area contributed by atoms with Crippen molar-refractivity contribution in [3.8, 4) is 0 Å². The lowest BCUT2D eigenvalue weighted by atomic mass is 10.3. The number of methoxy groups -OCH3 is 1. The molecule has 0 aliphatic rings. The number of ether oxygens (including phenoxy) is 1. The van der Waals surface area contributed by atoms with Crippen molar-refractivity contribution in [1.29, 1.82) is 0 Å². The minimum atomic E-state index is -3.75. The smallest absolute Gasteiger partial charge is 0.245 e. The summed E-state index contributed by atoms with van der Waals surface area (Å²) in [7, 11) is -2.27. The molecule has 1 rings (SSSR count). The van der Waals surface area contributed by atoms with Gasteiger partial charge in [0.15, 0.2) is 0 Å². The number of halogens is 1. The molecule has 0 saturated carbocycles. The van der Waals surface area contributed by atoms with Crippen molar-refractivity contribution >= 4 is 31.6 Å². The van der Waals surface area contributed by atoms with E-state index in [2.05, 4.69) is 15.9 Å². The molecule has 1 aromatic carbocycles. The van der Waals surface area contributed by atoms with Crippen LogP contribution in [-0.2, 0) is 14.8 Å². The average molecular weight is 353 g/mol. The van der Waals surface area contributed by atoms with Crippen LogP contribution in [0.5, 0.6) is 0 Å². The highest BCUT2D eigenvalue weighted by Crippen LogP contribution is 2.25. The SMILES string of the molecule is COCCN(CCO)S(=O)(=O)c1cc(Br)ccc1N. The first kappa shape index (κ1) is 16.4. The maximum Gasteiger partial charge on any atom is 0.245 e. The van der Waals surface area contributed by atoms with E-state index in [1.54, 1.807) is 6.07 Å². The standard InChI is InChI=1S/C11H17BrN2O4S/c1-18-7-5-14(4-6-15)19(16,17)11-8-9(12)2-3-10(11)13/h2-3,8,15H,4-7,13H2,1H3. The van der Waals surface area contributed by atoms with E-state index >= 15 is 0 Å². The molecule has 0 aliphatic heterocycles. The first-order valence-electron chi connectivity index (χ1n) is 5.58. The minimum Gasteiger partial charge on any atom is -0.398 e. The van der Waals surface area contributed by atoms with Crippen LogP contribution in [0.25, 0.3) is 0 Å². The van der Waals surface area contributed by atoms with Gasteiger partial charge in [0.2, 0.25) is 10.0 Å². The number of anilines is 1. The number of aliphatic hydroxyl groups excluding tert-OH is 1. The third-order valence-electron chi connectivity index (χ3n) is 2.49. The Morgan fingerprint density at radius 3 is 2.68 bits per heavy atom. The van der Waals surface area contributed by atoms with Crippen LogP contribution in [0.15, 0.2) is 27.6 Å². The van der Waals surface area contributed by atoms with E-state index in [1.165, 1.54) is 19.2 Å². The Hall–Kier alpha value is -0.670. The summed E-state index contributed by atoms with van der Waals surface area (Å²) in [6.07, 6.45) is 0. The number of hydrogen-bond donors (Lipinski definition) is 2. The number of sulfonamides is 1. The molecule has 0 amide bonds. The summed E-state index contributed by atoms with van der Waals surface area (Å²) in [4.78, 5) is 0.0198. The second-order valence-corrected chi connectivity index (χ2v) is 6.62. The van der Waals surface area contributed by atoms with Crippen molar-refractivity contribution in [2.75, 3.05) is 39.1 Å². The van der Waals surface area contributed by atoms with Gasteiger partial charge in [0, 0.05) is 24.7 Å². The van der Waals surface area contributed by atoms with Crippen LogP contribution in [-0.4, -0.2) is 51.2 Å². The predicted octanol–water partition coefficient (Wildman–Crippen LogP) is 0.661. The normalized spacial score (nSPS) is 12.0. The number of nitrogens with two attached hydrogens (primary N) is 1. The molecule has 0 atom stereocenters.